The minimum absolute atomic E-state index is 0.0569. The lowest BCUT2D eigenvalue weighted by Crippen LogP contribution is -2.46. The quantitative estimate of drug-likeness (QED) is 0.879. The molecule has 0 saturated heterocycles. The summed E-state index contributed by atoms with van der Waals surface area (Å²) in [5.74, 6) is 0.562. The first-order valence-corrected chi connectivity index (χ1v) is 7.81. The zero-order chi connectivity index (χ0) is 17.1. The number of hydrogen-bond donors (Lipinski definition) is 2. The van der Waals surface area contributed by atoms with Crippen molar-refractivity contribution in [2.24, 2.45) is 5.92 Å². The average molecular weight is 306 g/mol. The van der Waals surface area contributed by atoms with Crippen molar-refractivity contribution in [3.05, 3.63) is 29.3 Å². The molecule has 4 heteroatoms. The molecule has 22 heavy (non-hydrogen) atoms. The minimum Gasteiger partial charge on any atom is -0.507 e. The Morgan fingerprint density at radius 1 is 1.27 bits per heavy atom. The second-order valence-electron chi connectivity index (χ2n) is 7.40. The first-order chi connectivity index (χ1) is 10.1. The summed E-state index contributed by atoms with van der Waals surface area (Å²) in [6, 6.07) is 5.54. The molecule has 1 unspecified atom stereocenters. The fraction of sp³-hybridized carbons (Fsp3) is 0.611. The van der Waals surface area contributed by atoms with Crippen molar-refractivity contribution in [3.63, 3.8) is 0 Å². The van der Waals surface area contributed by atoms with Crippen LogP contribution in [0.3, 0.4) is 0 Å². The van der Waals surface area contributed by atoms with Crippen LogP contribution in [-0.4, -0.2) is 36.1 Å². The highest BCUT2D eigenvalue weighted by molar-refractivity contribution is 5.81. The van der Waals surface area contributed by atoms with Crippen LogP contribution in [0.25, 0.3) is 0 Å². The van der Waals surface area contributed by atoms with E-state index in [9.17, 15) is 9.90 Å². The number of phenols is 1. The van der Waals surface area contributed by atoms with Crippen LogP contribution in [0.4, 0.5) is 0 Å². The molecule has 1 aromatic carbocycles. The molecule has 0 bridgehead atoms. The van der Waals surface area contributed by atoms with E-state index in [0.717, 1.165) is 11.1 Å². The SMILES string of the molecule is CC(C)C(NCc1cccc(C(C)(C)C)c1O)C(=O)N(C)C. The van der Waals surface area contributed by atoms with Crippen molar-refractivity contribution in [2.45, 2.75) is 52.6 Å². The third-order valence-electron chi connectivity index (χ3n) is 3.81. The number of carbonyl (C=O) groups excluding carboxylic acids is 1. The van der Waals surface area contributed by atoms with E-state index < -0.39 is 0 Å². The van der Waals surface area contributed by atoms with E-state index in [0.29, 0.717) is 12.3 Å². The second-order valence-corrected chi connectivity index (χ2v) is 7.40. The van der Waals surface area contributed by atoms with Gasteiger partial charge in [-0.2, -0.15) is 0 Å². The van der Waals surface area contributed by atoms with Gasteiger partial charge in [-0.15, -0.1) is 0 Å². The Hall–Kier alpha value is -1.55. The van der Waals surface area contributed by atoms with E-state index in [1.807, 2.05) is 32.0 Å². The zero-order valence-electron chi connectivity index (χ0n) is 14.9. The number of likely N-dealkylation sites (N-methyl/N-ethyl adjacent to an activating group) is 1. The number of amides is 1. The van der Waals surface area contributed by atoms with Crippen LogP contribution >= 0.6 is 0 Å². The van der Waals surface area contributed by atoms with Crippen molar-refractivity contribution >= 4 is 5.91 Å². The Kier molecular flexibility index (Phi) is 6.00. The Labute approximate surface area is 134 Å². The molecule has 1 amide bonds. The normalized spacial score (nSPS) is 13.3. The van der Waals surface area contributed by atoms with Crippen molar-refractivity contribution in [2.75, 3.05) is 14.1 Å². The summed E-state index contributed by atoms with van der Waals surface area (Å²) in [4.78, 5) is 13.8. The van der Waals surface area contributed by atoms with Gasteiger partial charge in [-0.05, 0) is 16.9 Å². The Balaban J connectivity index is 2.94. The number of aromatic hydroxyl groups is 1. The maximum absolute atomic E-state index is 12.2. The zero-order valence-corrected chi connectivity index (χ0v) is 14.9. The van der Waals surface area contributed by atoms with Crippen molar-refractivity contribution in [3.8, 4) is 5.75 Å². The van der Waals surface area contributed by atoms with Gasteiger partial charge in [0.15, 0.2) is 0 Å². The Morgan fingerprint density at radius 2 is 1.86 bits per heavy atom. The van der Waals surface area contributed by atoms with Crippen LogP contribution in [0.2, 0.25) is 0 Å². The molecule has 1 atom stereocenters. The molecule has 4 nitrogen and oxygen atoms in total. The standard InChI is InChI=1S/C18H30N2O2/c1-12(2)15(17(22)20(6)7)19-11-13-9-8-10-14(16(13)21)18(3,4)5/h8-10,12,15,19,21H,11H2,1-7H3. The van der Waals surface area contributed by atoms with Crippen LogP contribution in [0.5, 0.6) is 5.75 Å². The molecule has 0 aromatic heterocycles. The van der Waals surface area contributed by atoms with Crippen LogP contribution in [0, 0.1) is 5.92 Å². The van der Waals surface area contributed by atoms with Crippen LogP contribution in [0.1, 0.15) is 45.7 Å². The van der Waals surface area contributed by atoms with Crippen molar-refractivity contribution < 1.29 is 9.90 Å². The molecule has 0 saturated carbocycles. The summed E-state index contributed by atoms with van der Waals surface area (Å²) >= 11 is 0. The molecule has 124 valence electrons. The largest absolute Gasteiger partial charge is 0.507 e. The molecule has 1 rings (SSSR count). The summed E-state index contributed by atoms with van der Waals surface area (Å²) < 4.78 is 0. The lowest BCUT2D eigenvalue weighted by molar-refractivity contribution is -0.132. The van der Waals surface area contributed by atoms with Crippen molar-refractivity contribution in [1.29, 1.82) is 0 Å². The molecular weight excluding hydrogens is 276 g/mol. The molecule has 0 aliphatic heterocycles. The molecule has 0 aliphatic rings. The highest BCUT2D eigenvalue weighted by Crippen LogP contribution is 2.33. The fourth-order valence-electron chi connectivity index (χ4n) is 2.45. The van der Waals surface area contributed by atoms with Gasteiger partial charge in [0, 0.05) is 26.2 Å². The van der Waals surface area contributed by atoms with E-state index >= 15 is 0 Å². The Morgan fingerprint density at radius 3 is 2.32 bits per heavy atom. The first-order valence-electron chi connectivity index (χ1n) is 7.81. The molecule has 0 aliphatic carbocycles. The number of nitrogens with one attached hydrogen (secondary N) is 1. The molecular formula is C18H30N2O2. The predicted octanol–water partition coefficient (Wildman–Crippen LogP) is 2.89. The fourth-order valence-corrected chi connectivity index (χ4v) is 2.45. The average Bonchev–Trinajstić information content (AvgIpc) is 2.38. The van der Waals surface area contributed by atoms with Gasteiger partial charge < -0.3 is 15.3 Å². The number of hydrogen-bond acceptors (Lipinski definition) is 3. The van der Waals surface area contributed by atoms with Gasteiger partial charge in [0.1, 0.15) is 5.75 Å². The summed E-state index contributed by atoms with van der Waals surface area (Å²) in [7, 11) is 3.52. The third kappa shape index (κ3) is 4.47. The minimum atomic E-state index is -0.257. The van der Waals surface area contributed by atoms with Gasteiger partial charge in [-0.25, -0.2) is 0 Å². The smallest absolute Gasteiger partial charge is 0.239 e. The van der Waals surface area contributed by atoms with Crippen LogP contribution in [0.15, 0.2) is 18.2 Å². The summed E-state index contributed by atoms with van der Waals surface area (Å²) in [6.07, 6.45) is 0. The number of nitrogens with zero attached hydrogens (tertiary/aromatic N) is 1. The highest BCUT2D eigenvalue weighted by atomic mass is 16.3. The number of rotatable bonds is 5. The number of benzene rings is 1. The summed E-state index contributed by atoms with van der Waals surface area (Å²) in [5.41, 5.74) is 1.63. The van der Waals surface area contributed by atoms with Gasteiger partial charge in [0.05, 0.1) is 6.04 Å². The molecule has 2 N–H and O–H groups in total. The molecule has 0 fully saturated rings. The lowest BCUT2D eigenvalue weighted by Gasteiger charge is -2.26. The molecule has 0 spiro atoms. The number of carbonyl (C=O) groups is 1. The third-order valence-corrected chi connectivity index (χ3v) is 3.81. The summed E-state index contributed by atoms with van der Waals surface area (Å²) in [5, 5.41) is 13.8. The van der Waals surface area contributed by atoms with Gasteiger partial charge in [0.25, 0.3) is 0 Å². The number of phenolic OH excluding ortho intramolecular Hbond substituents is 1. The van der Waals surface area contributed by atoms with E-state index in [1.54, 1.807) is 19.0 Å². The molecule has 1 aromatic rings. The van der Waals surface area contributed by atoms with E-state index in [4.69, 9.17) is 0 Å². The number of para-hydroxylation sites is 1. The summed E-state index contributed by atoms with van der Waals surface area (Å²) in [6.45, 7) is 10.7. The van der Waals surface area contributed by atoms with Gasteiger partial charge in [-0.3, -0.25) is 4.79 Å². The van der Waals surface area contributed by atoms with E-state index in [-0.39, 0.29) is 23.3 Å². The lowest BCUT2D eigenvalue weighted by atomic mass is 9.85. The topological polar surface area (TPSA) is 52.6 Å². The maximum Gasteiger partial charge on any atom is 0.239 e. The van der Waals surface area contributed by atoms with Crippen LogP contribution < -0.4 is 5.32 Å². The van der Waals surface area contributed by atoms with E-state index in [2.05, 4.69) is 26.1 Å². The van der Waals surface area contributed by atoms with Crippen molar-refractivity contribution in [1.82, 2.24) is 10.2 Å². The van der Waals surface area contributed by atoms with Gasteiger partial charge >= 0.3 is 0 Å². The van der Waals surface area contributed by atoms with Gasteiger partial charge in [0.2, 0.25) is 5.91 Å². The molecule has 0 heterocycles. The monoisotopic (exact) mass is 306 g/mol. The highest BCUT2D eigenvalue weighted by Gasteiger charge is 2.24. The molecule has 0 radical (unpaired) electrons. The predicted molar refractivity (Wildman–Crippen MR) is 91.0 cm³/mol. The maximum atomic E-state index is 12.2. The van der Waals surface area contributed by atoms with E-state index in [1.165, 1.54) is 0 Å². The Bertz CT molecular complexity index is 516. The van der Waals surface area contributed by atoms with Gasteiger partial charge in [-0.1, -0.05) is 52.8 Å². The van der Waals surface area contributed by atoms with Crippen LogP contribution in [-0.2, 0) is 16.8 Å². The second kappa shape index (κ2) is 7.14. The first kappa shape index (κ1) is 18.5.